The molecule has 5 nitrogen and oxygen atoms in total. The molecule has 0 aromatic heterocycles. The van der Waals surface area contributed by atoms with Gasteiger partial charge in [-0.05, 0) is 49.8 Å². The van der Waals surface area contributed by atoms with Gasteiger partial charge in [-0.15, -0.1) is 0 Å². The Hall–Kier alpha value is -1.59. The molecular formula is C16H20ClN3O2. The molecule has 2 aliphatic rings. The Morgan fingerprint density at radius 3 is 2.55 bits per heavy atom. The summed E-state index contributed by atoms with van der Waals surface area (Å²) in [4.78, 5) is 23.3. The molecule has 0 saturated carbocycles. The van der Waals surface area contributed by atoms with Crippen molar-refractivity contribution in [2.24, 2.45) is 11.7 Å². The lowest BCUT2D eigenvalue weighted by atomic mass is 9.89. The zero-order valence-corrected chi connectivity index (χ0v) is 13.0. The van der Waals surface area contributed by atoms with E-state index in [1.54, 1.807) is 12.1 Å². The van der Waals surface area contributed by atoms with Crippen molar-refractivity contribution >= 4 is 29.1 Å². The number of benzene rings is 1. The number of anilines is 1. The van der Waals surface area contributed by atoms with Crippen LogP contribution in [0.5, 0.6) is 0 Å². The minimum atomic E-state index is -0.576. The van der Waals surface area contributed by atoms with Crippen molar-refractivity contribution in [1.82, 2.24) is 5.32 Å². The fourth-order valence-corrected chi connectivity index (χ4v) is 3.88. The van der Waals surface area contributed by atoms with Crippen LogP contribution in [0.4, 0.5) is 5.69 Å². The van der Waals surface area contributed by atoms with E-state index in [0.717, 1.165) is 12.8 Å². The number of carbonyl (C=O) groups is 2. The van der Waals surface area contributed by atoms with Gasteiger partial charge < -0.3 is 16.4 Å². The van der Waals surface area contributed by atoms with E-state index >= 15 is 0 Å². The Morgan fingerprint density at radius 1 is 1.27 bits per heavy atom. The van der Waals surface area contributed by atoms with Crippen LogP contribution in [-0.4, -0.2) is 23.9 Å². The van der Waals surface area contributed by atoms with E-state index in [0.29, 0.717) is 30.1 Å². The molecule has 4 N–H and O–H groups in total. The number of hydrogen-bond acceptors (Lipinski definition) is 3. The van der Waals surface area contributed by atoms with Crippen molar-refractivity contribution in [2.75, 3.05) is 5.32 Å². The van der Waals surface area contributed by atoms with Crippen molar-refractivity contribution in [2.45, 2.75) is 44.2 Å². The average molecular weight is 322 g/mol. The largest absolute Gasteiger partial charge is 0.366 e. The molecule has 118 valence electrons. The Balaban J connectivity index is 1.57. The first kappa shape index (κ1) is 15.3. The van der Waals surface area contributed by atoms with Gasteiger partial charge in [-0.25, -0.2) is 0 Å². The van der Waals surface area contributed by atoms with Crippen LogP contribution in [0.3, 0.4) is 0 Å². The highest BCUT2D eigenvalue weighted by atomic mass is 35.5. The standard InChI is InChI=1S/C16H20ClN3O2/c17-14-8-12(3-4-13(14)16(18)22)20-15(21)7-9-5-10-1-2-11(6-9)19-10/h3-4,8-11,19H,1-2,5-7H2,(H2,18,22)(H,20,21). The second kappa shape index (κ2) is 6.26. The number of primary amides is 1. The van der Waals surface area contributed by atoms with Gasteiger partial charge in [0, 0.05) is 24.2 Å². The molecule has 2 saturated heterocycles. The van der Waals surface area contributed by atoms with Crippen molar-refractivity contribution in [3.8, 4) is 0 Å². The van der Waals surface area contributed by atoms with E-state index in [2.05, 4.69) is 10.6 Å². The summed E-state index contributed by atoms with van der Waals surface area (Å²) in [5.74, 6) is -0.138. The molecule has 2 atom stereocenters. The Morgan fingerprint density at radius 2 is 1.95 bits per heavy atom. The van der Waals surface area contributed by atoms with Crippen molar-refractivity contribution < 1.29 is 9.59 Å². The molecule has 2 fully saturated rings. The first-order chi connectivity index (χ1) is 10.5. The molecule has 6 heteroatoms. The summed E-state index contributed by atoms with van der Waals surface area (Å²) in [7, 11) is 0. The zero-order valence-electron chi connectivity index (χ0n) is 12.3. The lowest BCUT2D eigenvalue weighted by Gasteiger charge is -2.28. The van der Waals surface area contributed by atoms with Crippen molar-refractivity contribution in [3.63, 3.8) is 0 Å². The van der Waals surface area contributed by atoms with Gasteiger partial charge in [-0.2, -0.15) is 0 Å². The Kier molecular flexibility index (Phi) is 4.36. The minimum absolute atomic E-state index is 0.00538. The second-order valence-electron chi connectivity index (χ2n) is 6.29. The Bertz CT molecular complexity index is 593. The number of amides is 2. The molecule has 1 aromatic carbocycles. The topological polar surface area (TPSA) is 84.2 Å². The van der Waals surface area contributed by atoms with E-state index in [9.17, 15) is 9.59 Å². The van der Waals surface area contributed by atoms with Gasteiger partial charge in [-0.3, -0.25) is 9.59 Å². The van der Waals surface area contributed by atoms with Crippen LogP contribution in [0.2, 0.25) is 5.02 Å². The SMILES string of the molecule is NC(=O)c1ccc(NC(=O)CC2CC3CCC(C2)N3)cc1Cl. The summed E-state index contributed by atoms with van der Waals surface area (Å²) in [6.07, 6.45) is 5.14. The maximum Gasteiger partial charge on any atom is 0.250 e. The van der Waals surface area contributed by atoms with Gasteiger partial charge in [0.2, 0.25) is 11.8 Å². The summed E-state index contributed by atoms with van der Waals surface area (Å²) in [6.45, 7) is 0. The third-order valence-corrected chi connectivity index (χ3v) is 4.88. The summed E-state index contributed by atoms with van der Waals surface area (Å²) < 4.78 is 0. The van der Waals surface area contributed by atoms with Crippen LogP contribution in [0.1, 0.15) is 42.5 Å². The maximum atomic E-state index is 12.2. The molecule has 2 heterocycles. The lowest BCUT2D eigenvalue weighted by molar-refractivity contribution is -0.117. The molecule has 2 amide bonds. The number of carbonyl (C=O) groups excluding carboxylic acids is 2. The number of piperidine rings is 1. The number of hydrogen-bond donors (Lipinski definition) is 3. The van der Waals surface area contributed by atoms with E-state index in [4.69, 9.17) is 17.3 Å². The van der Waals surface area contributed by atoms with Crippen LogP contribution in [-0.2, 0) is 4.79 Å². The summed E-state index contributed by atoms with van der Waals surface area (Å²) in [6, 6.07) is 5.91. The van der Waals surface area contributed by atoms with Gasteiger partial charge in [0.25, 0.3) is 0 Å². The van der Waals surface area contributed by atoms with Crippen LogP contribution in [0.15, 0.2) is 18.2 Å². The van der Waals surface area contributed by atoms with Crippen LogP contribution in [0, 0.1) is 5.92 Å². The normalized spacial score (nSPS) is 26.7. The van der Waals surface area contributed by atoms with Gasteiger partial charge in [0.1, 0.15) is 0 Å². The Labute approximate surface area is 134 Å². The van der Waals surface area contributed by atoms with Crippen LogP contribution in [0.25, 0.3) is 0 Å². The summed E-state index contributed by atoms with van der Waals surface area (Å²) >= 11 is 5.99. The van der Waals surface area contributed by atoms with Crippen LogP contribution >= 0.6 is 11.6 Å². The van der Waals surface area contributed by atoms with Gasteiger partial charge in [0.15, 0.2) is 0 Å². The van der Waals surface area contributed by atoms with Gasteiger partial charge in [-0.1, -0.05) is 11.6 Å². The molecule has 2 aliphatic heterocycles. The highest BCUT2D eigenvalue weighted by molar-refractivity contribution is 6.34. The smallest absolute Gasteiger partial charge is 0.250 e. The number of rotatable bonds is 4. The number of fused-ring (bicyclic) bond motifs is 2. The molecular weight excluding hydrogens is 302 g/mol. The fourth-order valence-electron chi connectivity index (χ4n) is 3.61. The monoisotopic (exact) mass is 321 g/mol. The predicted octanol–water partition coefficient (Wildman–Crippen LogP) is 2.30. The highest BCUT2D eigenvalue weighted by Crippen LogP contribution is 2.33. The second-order valence-corrected chi connectivity index (χ2v) is 6.69. The zero-order chi connectivity index (χ0) is 15.7. The van der Waals surface area contributed by atoms with Gasteiger partial charge >= 0.3 is 0 Å². The molecule has 0 aliphatic carbocycles. The van der Waals surface area contributed by atoms with Crippen molar-refractivity contribution in [3.05, 3.63) is 28.8 Å². The molecule has 1 aromatic rings. The number of nitrogens with one attached hydrogen (secondary N) is 2. The van der Waals surface area contributed by atoms with Crippen molar-refractivity contribution in [1.29, 1.82) is 0 Å². The van der Waals surface area contributed by atoms with E-state index in [1.165, 1.54) is 18.9 Å². The number of nitrogens with two attached hydrogens (primary N) is 1. The molecule has 0 radical (unpaired) electrons. The molecule has 22 heavy (non-hydrogen) atoms. The maximum absolute atomic E-state index is 12.2. The van der Waals surface area contributed by atoms with Crippen LogP contribution < -0.4 is 16.4 Å². The summed E-state index contributed by atoms with van der Waals surface area (Å²) in [5.41, 5.74) is 6.06. The highest BCUT2D eigenvalue weighted by Gasteiger charge is 2.34. The first-order valence-electron chi connectivity index (χ1n) is 7.66. The molecule has 3 rings (SSSR count). The fraction of sp³-hybridized carbons (Fsp3) is 0.500. The van der Waals surface area contributed by atoms with E-state index in [-0.39, 0.29) is 16.5 Å². The van der Waals surface area contributed by atoms with E-state index < -0.39 is 5.91 Å². The minimum Gasteiger partial charge on any atom is -0.366 e. The lowest BCUT2D eigenvalue weighted by Crippen LogP contribution is -2.39. The quantitative estimate of drug-likeness (QED) is 0.795. The first-order valence-corrected chi connectivity index (χ1v) is 8.04. The summed E-state index contributed by atoms with van der Waals surface area (Å²) in [5, 5.41) is 6.68. The average Bonchev–Trinajstić information content (AvgIpc) is 2.77. The molecule has 0 spiro atoms. The number of halogens is 1. The molecule has 2 bridgehead atoms. The predicted molar refractivity (Wildman–Crippen MR) is 85.9 cm³/mol. The third kappa shape index (κ3) is 3.42. The van der Waals surface area contributed by atoms with Gasteiger partial charge in [0.05, 0.1) is 10.6 Å². The molecule has 2 unspecified atom stereocenters. The third-order valence-electron chi connectivity index (χ3n) is 4.56. The van der Waals surface area contributed by atoms with E-state index in [1.807, 2.05) is 0 Å².